The Morgan fingerprint density at radius 1 is 0.924 bits per heavy atom. The summed E-state index contributed by atoms with van der Waals surface area (Å²) in [4.78, 5) is 72.0. The van der Waals surface area contributed by atoms with Crippen LogP contribution in [0.1, 0.15) is 101 Å². The van der Waals surface area contributed by atoms with Gasteiger partial charge in [0.2, 0.25) is 11.8 Å². The molecule has 5 aromatic rings. The third kappa shape index (κ3) is 7.89. The highest BCUT2D eigenvalue weighted by Gasteiger charge is 2.51. The highest BCUT2D eigenvalue weighted by atomic mass is 19.3. The zero-order chi connectivity index (χ0) is 46.8. The van der Waals surface area contributed by atoms with Crippen LogP contribution in [0.5, 0.6) is 0 Å². The Bertz CT molecular complexity index is 2790. The van der Waals surface area contributed by atoms with Crippen LogP contribution in [0, 0.1) is 28.6 Å². The number of piperidine rings is 1. The van der Waals surface area contributed by atoms with Crippen LogP contribution in [-0.4, -0.2) is 92.6 Å². The molecule has 3 fully saturated rings. The fraction of sp³-hybridized carbons (Fsp3) is 0.449. The molecule has 0 spiro atoms. The van der Waals surface area contributed by atoms with Gasteiger partial charge in [-0.15, -0.1) is 0 Å². The van der Waals surface area contributed by atoms with E-state index in [0.717, 1.165) is 32.1 Å². The number of likely N-dealkylation sites (tertiary alicyclic amines) is 1. The number of aromatic amines is 2. The number of methoxy groups -OCH3 is 2. The van der Waals surface area contributed by atoms with E-state index in [1.54, 1.807) is 34.2 Å². The molecule has 3 heterocycles. The van der Waals surface area contributed by atoms with E-state index in [9.17, 15) is 24.4 Å². The van der Waals surface area contributed by atoms with Crippen molar-refractivity contribution in [3.8, 4) is 39.6 Å². The SMILES string of the molecule is COC(=O)N[C@@H](CC#N)C(=O)N1[C@@H]2CC[C@@H](C2)[C@H]1c1nc2ccc(-c3ccc4c(c3)C(F)(F)c3cc(-c5cnc([C@H](C)N(CC6(C)CC6)C(=O)[C@@H](NC(=O)OC)C(C)C)[nH]5)ccc3-4)cc2[nH]1. The van der Waals surface area contributed by atoms with Crippen molar-refractivity contribution in [2.45, 2.75) is 102 Å². The molecule has 1 saturated heterocycles. The zero-order valence-corrected chi connectivity index (χ0v) is 37.7. The van der Waals surface area contributed by atoms with Gasteiger partial charge in [0.05, 0.1) is 61.7 Å². The minimum Gasteiger partial charge on any atom is -0.453 e. The van der Waals surface area contributed by atoms with E-state index in [1.807, 2.05) is 51.1 Å². The Hall–Kier alpha value is -6.83. The summed E-state index contributed by atoms with van der Waals surface area (Å²) in [6, 6.07) is 14.8. The van der Waals surface area contributed by atoms with E-state index in [1.165, 1.54) is 26.4 Å². The first-order valence-electron chi connectivity index (χ1n) is 22.4. The molecule has 0 unspecified atom stereocenters. The molecule has 6 atom stereocenters. The van der Waals surface area contributed by atoms with Gasteiger partial charge in [0, 0.05) is 29.3 Å². The molecule has 2 saturated carbocycles. The van der Waals surface area contributed by atoms with E-state index in [2.05, 4.69) is 32.5 Å². The van der Waals surface area contributed by atoms with Gasteiger partial charge in [0.15, 0.2) is 0 Å². The second-order valence-electron chi connectivity index (χ2n) is 18.9. The van der Waals surface area contributed by atoms with Crippen LogP contribution in [0.25, 0.3) is 44.5 Å². The molecule has 4 N–H and O–H groups in total. The number of carbonyl (C=O) groups is 4. The van der Waals surface area contributed by atoms with Crippen LogP contribution in [0.4, 0.5) is 18.4 Å². The number of alkyl halides is 2. The van der Waals surface area contributed by atoms with E-state index in [-0.39, 0.29) is 58.7 Å². The van der Waals surface area contributed by atoms with Crippen molar-refractivity contribution in [3.05, 3.63) is 83.6 Å². The number of halogens is 2. The second kappa shape index (κ2) is 16.9. The summed E-state index contributed by atoms with van der Waals surface area (Å²) in [7, 11) is 2.45. The van der Waals surface area contributed by atoms with Gasteiger partial charge in [-0.3, -0.25) is 9.59 Å². The van der Waals surface area contributed by atoms with Gasteiger partial charge in [-0.05, 0) is 103 Å². The van der Waals surface area contributed by atoms with Crippen LogP contribution >= 0.6 is 0 Å². The number of benzene rings is 3. The van der Waals surface area contributed by atoms with Crippen LogP contribution in [-0.2, 0) is 25.0 Å². The first-order valence-corrected chi connectivity index (χ1v) is 22.4. The van der Waals surface area contributed by atoms with Crippen molar-refractivity contribution in [1.82, 2.24) is 40.4 Å². The van der Waals surface area contributed by atoms with Crippen LogP contribution in [0.15, 0.2) is 60.8 Å². The van der Waals surface area contributed by atoms with Crippen molar-refractivity contribution in [3.63, 3.8) is 0 Å². The van der Waals surface area contributed by atoms with Crippen molar-refractivity contribution in [2.24, 2.45) is 17.3 Å². The van der Waals surface area contributed by atoms with Crippen molar-refractivity contribution >= 4 is 35.0 Å². The summed E-state index contributed by atoms with van der Waals surface area (Å²) in [5.41, 5.74) is 4.25. The van der Waals surface area contributed by atoms with E-state index in [0.29, 0.717) is 62.7 Å². The Balaban J connectivity index is 0.956. The van der Waals surface area contributed by atoms with E-state index in [4.69, 9.17) is 14.5 Å². The minimum atomic E-state index is -3.32. The van der Waals surface area contributed by atoms with Crippen molar-refractivity contribution < 1.29 is 37.4 Å². The summed E-state index contributed by atoms with van der Waals surface area (Å²) < 4.78 is 42.8. The molecule has 4 aliphatic rings. The topological polar surface area (TPSA) is 198 Å². The molecular formula is C49H53F2N9O6. The summed E-state index contributed by atoms with van der Waals surface area (Å²) in [6.07, 6.45) is 4.33. The fourth-order valence-corrected chi connectivity index (χ4v) is 10.2. The van der Waals surface area contributed by atoms with Crippen molar-refractivity contribution in [2.75, 3.05) is 20.8 Å². The average Bonchev–Trinajstić information content (AvgIpc) is 3.90. The van der Waals surface area contributed by atoms with Gasteiger partial charge in [-0.1, -0.05) is 51.1 Å². The number of alkyl carbamates (subject to hydrolysis) is 2. The van der Waals surface area contributed by atoms with Gasteiger partial charge in [0.1, 0.15) is 23.7 Å². The summed E-state index contributed by atoms with van der Waals surface area (Å²) >= 11 is 0. The molecule has 0 radical (unpaired) electrons. The number of fused-ring (bicyclic) bond motifs is 6. The number of imidazole rings is 2. The maximum atomic E-state index is 16.7. The highest BCUT2D eigenvalue weighted by molar-refractivity contribution is 5.89. The van der Waals surface area contributed by atoms with Gasteiger partial charge < -0.3 is 39.9 Å². The molecular weight excluding hydrogens is 849 g/mol. The zero-order valence-electron chi connectivity index (χ0n) is 37.7. The number of rotatable bonds is 13. The average molecular weight is 902 g/mol. The number of amides is 4. The highest BCUT2D eigenvalue weighted by Crippen LogP contribution is 2.54. The van der Waals surface area contributed by atoms with Crippen molar-refractivity contribution in [1.29, 1.82) is 5.26 Å². The number of nitrogens with one attached hydrogen (secondary N) is 4. The summed E-state index contributed by atoms with van der Waals surface area (Å²) in [5, 5.41) is 14.6. The van der Waals surface area contributed by atoms with Gasteiger partial charge in [-0.25, -0.2) is 19.6 Å². The molecule has 3 aromatic carbocycles. The molecule has 2 aromatic heterocycles. The van der Waals surface area contributed by atoms with E-state index >= 15 is 8.78 Å². The quantitative estimate of drug-likeness (QED) is 0.0895. The molecule has 2 bridgehead atoms. The third-order valence-corrected chi connectivity index (χ3v) is 14.1. The standard InChI is InChI=1S/C49H53F2N9O6/c1-25(2)40(58-47(64)66-6)45(62)59(24-48(4)16-17-48)26(3)42-53-23-39(56-42)29-9-13-33-32-12-8-27(20-34(32)49(50,51)35(33)21-29)28-10-14-36-38(22-28)55-43(54-36)41-30-7-11-31(19-30)60(41)44(61)37(15-18-52)57-46(63)65-5/h8-10,12-14,20-23,25-26,30-31,37,40-41H,7,11,15-17,19,24H2,1-6H3,(H,53,56)(H,54,55)(H,57,63)(H,58,64)/t26-,30-,31+,37-,40-,41-/m0/s1. The number of aromatic nitrogens is 4. The molecule has 15 nitrogen and oxygen atoms in total. The Labute approximate surface area is 380 Å². The fourth-order valence-electron chi connectivity index (χ4n) is 10.2. The molecule has 9 rings (SSSR count). The first kappa shape index (κ1) is 44.4. The number of nitriles is 1. The molecule has 1 aliphatic heterocycles. The predicted octanol–water partition coefficient (Wildman–Crippen LogP) is 8.50. The number of ether oxygens (including phenoxy) is 2. The lowest BCUT2D eigenvalue weighted by Crippen LogP contribution is -2.53. The smallest absolute Gasteiger partial charge is 0.407 e. The van der Waals surface area contributed by atoms with Crippen LogP contribution in [0.3, 0.4) is 0 Å². The molecule has 66 heavy (non-hydrogen) atoms. The Morgan fingerprint density at radius 2 is 1.58 bits per heavy atom. The number of carbonyl (C=O) groups excluding carboxylic acids is 4. The molecule has 17 heteroatoms. The summed E-state index contributed by atoms with van der Waals surface area (Å²) in [6.45, 7) is 8.16. The third-order valence-electron chi connectivity index (χ3n) is 14.1. The Kier molecular flexibility index (Phi) is 11.3. The number of nitrogens with zero attached hydrogens (tertiary/aromatic N) is 5. The van der Waals surface area contributed by atoms with E-state index < -0.39 is 36.2 Å². The predicted molar refractivity (Wildman–Crippen MR) is 239 cm³/mol. The normalized spacial score (nSPS) is 20.8. The monoisotopic (exact) mass is 901 g/mol. The Morgan fingerprint density at radius 3 is 2.24 bits per heavy atom. The largest absolute Gasteiger partial charge is 0.453 e. The molecule has 3 aliphatic carbocycles. The lowest BCUT2D eigenvalue weighted by atomic mass is 9.97. The maximum absolute atomic E-state index is 16.7. The molecule has 344 valence electrons. The van der Waals surface area contributed by atoms with Gasteiger partial charge in [-0.2, -0.15) is 14.0 Å². The summed E-state index contributed by atoms with van der Waals surface area (Å²) in [5.74, 6) is -2.93. The van der Waals surface area contributed by atoms with Gasteiger partial charge >= 0.3 is 12.2 Å². The van der Waals surface area contributed by atoms with Crippen LogP contribution in [0.2, 0.25) is 0 Å². The van der Waals surface area contributed by atoms with Gasteiger partial charge in [0.25, 0.3) is 5.92 Å². The maximum Gasteiger partial charge on any atom is 0.407 e. The molecule has 4 amide bonds. The van der Waals surface area contributed by atoms with Crippen LogP contribution < -0.4 is 10.6 Å². The number of hydrogen-bond acceptors (Lipinski definition) is 9. The lowest BCUT2D eigenvalue weighted by molar-refractivity contribution is -0.138. The lowest BCUT2D eigenvalue weighted by Gasteiger charge is -2.36. The number of hydrogen-bond donors (Lipinski definition) is 4. The first-order chi connectivity index (χ1) is 31.5. The second-order valence-corrected chi connectivity index (χ2v) is 18.9. The number of H-pyrrole nitrogens is 2. The minimum absolute atomic E-state index is 0.0543.